The van der Waals surface area contributed by atoms with Crippen LogP contribution in [-0.2, 0) is 17.4 Å². The van der Waals surface area contributed by atoms with Crippen LogP contribution in [0.1, 0.15) is 11.3 Å². The Morgan fingerprint density at radius 1 is 1.03 bits per heavy atom. The van der Waals surface area contributed by atoms with Crippen molar-refractivity contribution in [1.82, 2.24) is 15.0 Å². The van der Waals surface area contributed by atoms with E-state index in [1.165, 1.54) is 24.7 Å². The molecule has 9 heteroatoms. The van der Waals surface area contributed by atoms with Crippen LogP contribution in [0.4, 0.5) is 23.2 Å². The Kier molecular flexibility index (Phi) is 5.33. The molecule has 1 N–H and O–H groups in total. The van der Waals surface area contributed by atoms with Crippen LogP contribution in [0.5, 0.6) is 0 Å². The minimum atomic E-state index is -4.82. The topological polar surface area (TPSA) is 67.8 Å². The predicted octanol–water partition coefficient (Wildman–Crippen LogP) is 5.03. The van der Waals surface area contributed by atoms with Gasteiger partial charge in [0.15, 0.2) is 0 Å². The zero-order valence-corrected chi connectivity index (χ0v) is 15.8. The molecule has 0 spiro atoms. The van der Waals surface area contributed by atoms with E-state index >= 15 is 0 Å². The van der Waals surface area contributed by atoms with Gasteiger partial charge in [-0.25, -0.2) is 9.37 Å². The van der Waals surface area contributed by atoms with Gasteiger partial charge in [0.25, 0.3) is 0 Å². The number of para-hydroxylation sites is 1. The molecule has 0 unspecified atom stereocenters. The van der Waals surface area contributed by atoms with Gasteiger partial charge in [0.2, 0.25) is 5.91 Å². The minimum Gasteiger partial charge on any atom is -0.324 e. The molecule has 31 heavy (non-hydrogen) atoms. The number of hydrogen-bond donors (Lipinski definition) is 1. The molecule has 0 aliphatic rings. The van der Waals surface area contributed by atoms with Crippen molar-refractivity contribution in [3.8, 4) is 11.3 Å². The lowest BCUT2D eigenvalue weighted by molar-refractivity contribution is -0.140. The van der Waals surface area contributed by atoms with Crippen LogP contribution in [0.15, 0.2) is 67.1 Å². The highest BCUT2D eigenvalue weighted by atomic mass is 19.4. The van der Waals surface area contributed by atoms with Crippen LogP contribution >= 0.6 is 0 Å². The number of fused-ring (bicyclic) bond motifs is 1. The molecule has 5 nitrogen and oxygen atoms in total. The number of amides is 1. The van der Waals surface area contributed by atoms with Crippen LogP contribution in [0.25, 0.3) is 22.2 Å². The molecule has 2 heterocycles. The van der Waals surface area contributed by atoms with Crippen LogP contribution in [0.2, 0.25) is 0 Å². The molecule has 4 rings (SSSR count). The van der Waals surface area contributed by atoms with Crippen molar-refractivity contribution >= 4 is 22.5 Å². The summed E-state index contributed by atoms with van der Waals surface area (Å²) in [7, 11) is 0. The van der Waals surface area contributed by atoms with Gasteiger partial charge < -0.3 is 5.32 Å². The fraction of sp³-hybridized carbons (Fsp3) is 0.0909. The van der Waals surface area contributed by atoms with Crippen molar-refractivity contribution in [2.75, 3.05) is 5.32 Å². The van der Waals surface area contributed by atoms with Crippen LogP contribution < -0.4 is 5.32 Å². The summed E-state index contributed by atoms with van der Waals surface area (Å²) >= 11 is 0. The van der Waals surface area contributed by atoms with Gasteiger partial charge in [-0.2, -0.15) is 13.2 Å². The quantitative estimate of drug-likeness (QED) is 0.465. The number of rotatable bonds is 4. The number of aromatic nitrogens is 3. The van der Waals surface area contributed by atoms with Gasteiger partial charge in [-0.1, -0.05) is 18.2 Å². The summed E-state index contributed by atoms with van der Waals surface area (Å²) in [5, 5.41) is 3.43. The Bertz CT molecular complexity index is 1260. The third-order valence-corrected chi connectivity index (χ3v) is 4.52. The number of carbonyl (C=O) groups is 1. The molecule has 4 aromatic rings. The Morgan fingerprint density at radius 2 is 1.87 bits per heavy atom. The van der Waals surface area contributed by atoms with Crippen molar-refractivity contribution in [3.05, 3.63) is 84.2 Å². The third kappa shape index (κ3) is 4.50. The second-order valence-corrected chi connectivity index (χ2v) is 6.69. The first kappa shape index (κ1) is 20.4. The summed E-state index contributed by atoms with van der Waals surface area (Å²) in [6.07, 6.45) is -0.373. The first-order valence-corrected chi connectivity index (χ1v) is 9.13. The molecule has 0 saturated heterocycles. The summed E-state index contributed by atoms with van der Waals surface area (Å²) in [5.74, 6) is -1.70. The number of nitrogens with one attached hydrogen (secondary N) is 1. The van der Waals surface area contributed by atoms with Gasteiger partial charge >= 0.3 is 6.18 Å². The average Bonchev–Trinajstić information content (AvgIpc) is 2.74. The van der Waals surface area contributed by atoms with E-state index < -0.39 is 17.6 Å². The Balaban J connectivity index is 1.69. The van der Waals surface area contributed by atoms with Crippen LogP contribution in [-0.4, -0.2) is 20.9 Å². The second kappa shape index (κ2) is 8.10. The van der Waals surface area contributed by atoms with Crippen LogP contribution in [0.3, 0.4) is 0 Å². The molecule has 2 aromatic heterocycles. The maximum Gasteiger partial charge on any atom is 0.419 e. The van der Waals surface area contributed by atoms with E-state index in [4.69, 9.17) is 0 Å². The molecule has 0 aliphatic heterocycles. The van der Waals surface area contributed by atoms with Crippen molar-refractivity contribution in [1.29, 1.82) is 0 Å². The lowest BCUT2D eigenvalue weighted by Gasteiger charge is -2.12. The van der Waals surface area contributed by atoms with E-state index in [1.807, 2.05) is 0 Å². The van der Waals surface area contributed by atoms with Crippen molar-refractivity contribution in [3.63, 3.8) is 0 Å². The summed E-state index contributed by atoms with van der Waals surface area (Å²) in [6.45, 7) is 0. The fourth-order valence-corrected chi connectivity index (χ4v) is 3.09. The van der Waals surface area contributed by atoms with Gasteiger partial charge in [0.05, 0.1) is 34.6 Å². The average molecular weight is 426 g/mol. The number of nitrogens with zero attached hydrogens (tertiary/aromatic N) is 3. The van der Waals surface area contributed by atoms with E-state index in [0.29, 0.717) is 22.3 Å². The predicted molar refractivity (Wildman–Crippen MR) is 107 cm³/mol. The summed E-state index contributed by atoms with van der Waals surface area (Å²) in [4.78, 5) is 24.8. The minimum absolute atomic E-state index is 0.00315. The molecule has 0 aliphatic carbocycles. The van der Waals surface area contributed by atoms with Crippen molar-refractivity contribution < 1.29 is 22.4 Å². The number of alkyl halides is 3. The first-order chi connectivity index (χ1) is 14.8. The smallest absolute Gasteiger partial charge is 0.324 e. The SMILES string of the molecule is O=C(Cc1cnccn1)Nc1cccc2ccc(-c3ccc(F)c(C(F)(F)F)c3)nc12. The van der Waals surface area contributed by atoms with Crippen molar-refractivity contribution in [2.24, 2.45) is 0 Å². The third-order valence-electron chi connectivity index (χ3n) is 4.52. The van der Waals surface area contributed by atoms with E-state index in [-0.39, 0.29) is 23.6 Å². The number of halogens is 4. The molecule has 1 amide bonds. The van der Waals surface area contributed by atoms with E-state index in [0.717, 1.165) is 12.1 Å². The number of benzene rings is 2. The molecule has 2 aromatic carbocycles. The lowest BCUT2D eigenvalue weighted by Crippen LogP contribution is -2.15. The van der Waals surface area contributed by atoms with Crippen molar-refractivity contribution in [2.45, 2.75) is 12.6 Å². The zero-order valence-electron chi connectivity index (χ0n) is 15.8. The molecular weight excluding hydrogens is 412 g/mol. The van der Waals surface area contributed by atoms with E-state index in [9.17, 15) is 22.4 Å². The molecule has 0 saturated carbocycles. The van der Waals surface area contributed by atoms with E-state index in [2.05, 4.69) is 20.3 Å². The van der Waals surface area contributed by atoms with Gasteiger partial charge in [0, 0.05) is 29.5 Å². The molecule has 0 radical (unpaired) electrons. The second-order valence-electron chi connectivity index (χ2n) is 6.69. The Hall–Kier alpha value is -3.88. The molecule has 0 atom stereocenters. The highest BCUT2D eigenvalue weighted by molar-refractivity contribution is 6.01. The maximum atomic E-state index is 13.6. The molecule has 156 valence electrons. The monoisotopic (exact) mass is 426 g/mol. The Labute approximate surface area is 173 Å². The van der Waals surface area contributed by atoms with Gasteiger partial charge in [-0.15, -0.1) is 0 Å². The highest BCUT2D eigenvalue weighted by Gasteiger charge is 2.34. The molecule has 0 bridgehead atoms. The molecule has 0 fully saturated rings. The van der Waals surface area contributed by atoms with Gasteiger partial charge in [-0.05, 0) is 30.3 Å². The summed E-state index contributed by atoms with van der Waals surface area (Å²) in [5.41, 5.74) is 0.235. The number of pyridine rings is 1. The number of carbonyl (C=O) groups excluding carboxylic acids is 1. The largest absolute Gasteiger partial charge is 0.419 e. The summed E-state index contributed by atoms with van der Waals surface area (Å²) in [6, 6.07) is 11.1. The van der Waals surface area contributed by atoms with Gasteiger partial charge in [-0.3, -0.25) is 14.8 Å². The Morgan fingerprint density at radius 3 is 2.61 bits per heavy atom. The lowest BCUT2D eigenvalue weighted by atomic mass is 10.1. The van der Waals surface area contributed by atoms with E-state index in [1.54, 1.807) is 30.3 Å². The summed E-state index contributed by atoms with van der Waals surface area (Å²) < 4.78 is 52.8. The van der Waals surface area contributed by atoms with Crippen LogP contribution in [0, 0.1) is 5.82 Å². The standard InChI is InChI=1S/C22H14F4N4O/c23-17-6-4-14(10-16(17)22(24,25)26)18-7-5-13-2-1-3-19(21(13)30-18)29-20(31)11-15-12-27-8-9-28-15/h1-10,12H,11H2,(H,29,31). The normalized spacial score (nSPS) is 11.5. The number of anilines is 1. The fourth-order valence-electron chi connectivity index (χ4n) is 3.09. The highest BCUT2D eigenvalue weighted by Crippen LogP contribution is 2.34. The first-order valence-electron chi connectivity index (χ1n) is 9.13. The maximum absolute atomic E-state index is 13.6. The molecular formula is C22H14F4N4O. The zero-order chi connectivity index (χ0) is 22.0. The number of hydrogen-bond acceptors (Lipinski definition) is 4. The van der Waals surface area contributed by atoms with Gasteiger partial charge in [0.1, 0.15) is 5.82 Å².